The number of anilines is 6. The normalized spacial score (nSPS) is 12.8. The van der Waals surface area contributed by atoms with E-state index in [1.165, 1.54) is 43.0 Å². The van der Waals surface area contributed by atoms with Crippen LogP contribution in [-0.2, 0) is 5.41 Å². The molecule has 0 saturated heterocycles. The van der Waals surface area contributed by atoms with Gasteiger partial charge in [0.15, 0.2) is 8.07 Å². The van der Waals surface area contributed by atoms with Crippen molar-refractivity contribution in [3.8, 4) is 22.6 Å². The molecular weight excluding hydrogens is 965 g/mol. The second-order valence-electron chi connectivity index (χ2n) is 20.3. The summed E-state index contributed by atoms with van der Waals surface area (Å²) in [6, 6.07) is 110. The summed E-state index contributed by atoms with van der Waals surface area (Å²) >= 11 is 0. The number of hydrogen-bond acceptors (Lipinski definition) is 4. The lowest BCUT2D eigenvalue weighted by Crippen LogP contribution is -2.74. The number of furan rings is 1. The van der Waals surface area contributed by atoms with Crippen molar-refractivity contribution >= 4 is 84.9 Å². The predicted molar refractivity (Wildman–Crippen MR) is 324 cm³/mol. The van der Waals surface area contributed by atoms with Crippen molar-refractivity contribution in [2.24, 2.45) is 0 Å². The number of para-hydroxylation sites is 3. The van der Waals surface area contributed by atoms with Gasteiger partial charge >= 0.3 is 0 Å². The first kappa shape index (κ1) is 45.4. The maximum atomic E-state index is 7.07. The summed E-state index contributed by atoms with van der Waals surface area (Å²) in [5.74, 6) is 1.68. The Hall–Kier alpha value is -9.94. The topological polar surface area (TPSA) is 28.9 Å². The van der Waals surface area contributed by atoms with Crippen LogP contribution in [0.3, 0.4) is 0 Å². The Morgan fingerprint density at radius 2 is 0.731 bits per heavy atom. The molecule has 1 aliphatic heterocycles. The first-order chi connectivity index (χ1) is 38.7. The van der Waals surface area contributed by atoms with E-state index in [0.29, 0.717) is 0 Å². The maximum absolute atomic E-state index is 7.07. The highest BCUT2D eigenvalue weighted by atomic mass is 28.3. The van der Waals surface area contributed by atoms with Crippen molar-refractivity contribution in [1.29, 1.82) is 0 Å². The van der Waals surface area contributed by atoms with Gasteiger partial charge < -0.3 is 19.0 Å². The molecule has 2 heterocycles. The van der Waals surface area contributed by atoms with E-state index in [0.717, 1.165) is 78.7 Å². The van der Waals surface area contributed by atoms with Gasteiger partial charge in [-0.2, -0.15) is 0 Å². The van der Waals surface area contributed by atoms with Gasteiger partial charge in [0.2, 0.25) is 0 Å². The number of ether oxygens (including phenoxy) is 1. The van der Waals surface area contributed by atoms with Crippen LogP contribution in [0, 0.1) is 0 Å². The minimum Gasteiger partial charge on any atom is -0.457 e. The average molecular weight is 1020 g/mol. The third-order valence-corrected chi connectivity index (χ3v) is 21.1. The van der Waals surface area contributed by atoms with Gasteiger partial charge in [-0.3, -0.25) is 0 Å². The third kappa shape index (κ3) is 6.92. The first-order valence-corrected chi connectivity index (χ1v) is 28.7. The Labute approximate surface area is 455 Å². The van der Waals surface area contributed by atoms with Crippen LogP contribution < -0.4 is 35.3 Å². The Morgan fingerprint density at radius 3 is 1.35 bits per heavy atom. The Kier molecular flexibility index (Phi) is 10.7. The summed E-state index contributed by atoms with van der Waals surface area (Å²) in [5.41, 5.74) is 14.2. The molecule has 78 heavy (non-hydrogen) atoms. The minimum absolute atomic E-state index is 0.701. The number of benzene rings is 12. The van der Waals surface area contributed by atoms with Gasteiger partial charge in [-0.25, -0.2) is 0 Å². The molecule has 0 saturated carbocycles. The van der Waals surface area contributed by atoms with Crippen LogP contribution in [0.15, 0.2) is 308 Å². The van der Waals surface area contributed by atoms with E-state index >= 15 is 0 Å². The van der Waals surface area contributed by atoms with Gasteiger partial charge in [-0.15, -0.1) is 0 Å². The highest BCUT2D eigenvalue weighted by Crippen LogP contribution is 2.64. The van der Waals surface area contributed by atoms with E-state index in [4.69, 9.17) is 9.15 Å². The standard InChI is InChI=1S/C73H50N2O2Si/c1-5-22-51(23-6-1)74(53-44-47-59(48-45-53)78(56-24-7-2-8-25-56,57-26-9-3-10-27-57)58-28-11-4-12-29-58)52-40-42-54(43-41-52)75(55-46-49-63-62-32-15-19-37-68(62)76-71(63)50-55)67-36-21-39-70-72(67)73(66-35-18-20-38-69(66)77-70)64-33-16-13-30-60(64)61-31-14-17-34-65(61)73/h1-50H. The number of hydrogen-bond donors (Lipinski definition) is 0. The van der Waals surface area contributed by atoms with E-state index in [1.54, 1.807) is 0 Å². The molecule has 2 aliphatic rings. The molecule has 1 aliphatic carbocycles. The van der Waals surface area contributed by atoms with Gasteiger partial charge in [0.05, 0.1) is 11.1 Å². The van der Waals surface area contributed by atoms with Crippen molar-refractivity contribution in [3.63, 3.8) is 0 Å². The number of rotatable bonds is 10. The lowest BCUT2D eigenvalue weighted by molar-refractivity contribution is 0.437. The summed E-state index contributed by atoms with van der Waals surface area (Å²) in [5, 5.41) is 7.52. The fourth-order valence-corrected chi connectivity index (χ4v) is 17.8. The number of nitrogens with zero attached hydrogens (tertiary/aromatic N) is 2. The van der Waals surface area contributed by atoms with Gasteiger partial charge in [0.1, 0.15) is 22.7 Å². The molecule has 0 radical (unpaired) electrons. The van der Waals surface area contributed by atoms with E-state index in [9.17, 15) is 0 Å². The molecule has 12 aromatic carbocycles. The molecule has 0 fully saturated rings. The molecule has 15 rings (SSSR count). The molecule has 0 N–H and O–H groups in total. The fraction of sp³-hybridized carbons (Fsp3) is 0.0137. The quantitative estimate of drug-likeness (QED) is 0.101. The van der Waals surface area contributed by atoms with Crippen LogP contribution in [0.5, 0.6) is 11.5 Å². The van der Waals surface area contributed by atoms with Crippen LogP contribution >= 0.6 is 0 Å². The monoisotopic (exact) mass is 1010 g/mol. The van der Waals surface area contributed by atoms with Gasteiger partial charge in [0.25, 0.3) is 0 Å². The van der Waals surface area contributed by atoms with E-state index in [1.807, 2.05) is 12.1 Å². The molecule has 1 spiro atoms. The molecule has 4 nitrogen and oxygen atoms in total. The van der Waals surface area contributed by atoms with Crippen molar-refractivity contribution < 1.29 is 9.15 Å². The van der Waals surface area contributed by atoms with E-state index in [2.05, 4.69) is 301 Å². The predicted octanol–water partition coefficient (Wildman–Crippen LogP) is 16.4. The van der Waals surface area contributed by atoms with E-state index < -0.39 is 13.5 Å². The van der Waals surface area contributed by atoms with Gasteiger partial charge in [-0.1, -0.05) is 212 Å². The van der Waals surface area contributed by atoms with Crippen molar-refractivity contribution in [2.75, 3.05) is 9.80 Å². The zero-order valence-electron chi connectivity index (χ0n) is 42.6. The molecule has 0 atom stereocenters. The second-order valence-corrected chi connectivity index (χ2v) is 24.1. The molecule has 368 valence electrons. The fourth-order valence-electron chi connectivity index (χ4n) is 13.1. The highest BCUT2D eigenvalue weighted by molar-refractivity contribution is 7.19. The van der Waals surface area contributed by atoms with Gasteiger partial charge in [-0.05, 0) is 128 Å². The van der Waals surface area contributed by atoms with E-state index in [-0.39, 0.29) is 0 Å². The Bertz CT molecular complexity index is 4210. The van der Waals surface area contributed by atoms with Crippen LogP contribution in [0.25, 0.3) is 33.1 Å². The smallest absolute Gasteiger partial charge is 0.179 e. The minimum atomic E-state index is -2.75. The molecule has 13 aromatic rings. The largest absolute Gasteiger partial charge is 0.457 e. The molecule has 1 aromatic heterocycles. The van der Waals surface area contributed by atoms with Crippen LogP contribution in [0.4, 0.5) is 34.1 Å². The van der Waals surface area contributed by atoms with Crippen molar-refractivity contribution in [2.45, 2.75) is 5.41 Å². The number of fused-ring (bicyclic) bond motifs is 12. The summed E-state index contributed by atoms with van der Waals surface area (Å²) in [6.45, 7) is 0. The highest BCUT2D eigenvalue weighted by Gasteiger charge is 2.53. The second kappa shape index (κ2) is 18.4. The molecule has 0 unspecified atom stereocenters. The lowest BCUT2D eigenvalue weighted by atomic mass is 9.65. The van der Waals surface area contributed by atoms with Gasteiger partial charge in [0, 0.05) is 56.4 Å². The average Bonchev–Trinajstić information content (AvgIpc) is 4.24. The Morgan fingerprint density at radius 1 is 0.295 bits per heavy atom. The summed E-state index contributed by atoms with van der Waals surface area (Å²) in [6.07, 6.45) is 0. The maximum Gasteiger partial charge on any atom is 0.179 e. The van der Waals surface area contributed by atoms with Crippen LogP contribution in [0.2, 0.25) is 0 Å². The van der Waals surface area contributed by atoms with Crippen LogP contribution in [-0.4, -0.2) is 8.07 Å². The molecular formula is C73H50N2O2Si. The molecule has 0 amide bonds. The zero-order valence-corrected chi connectivity index (χ0v) is 43.6. The SMILES string of the molecule is c1ccc(N(c2ccc(N(c3ccc4c(c3)oc3ccccc34)c3cccc4c3C3(c5ccccc5O4)c4ccccc4-c4ccccc43)cc2)c2ccc([Si](c3ccccc3)(c3ccccc3)c3ccccc3)cc2)cc1. The first-order valence-electron chi connectivity index (χ1n) is 26.7. The molecule has 0 bridgehead atoms. The molecule has 5 heteroatoms. The summed E-state index contributed by atoms with van der Waals surface area (Å²) in [7, 11) is -2.75. The van der Waals surface area contributed by atoms with Crippen LogP contribution in [0.1, 0.15) is 22.3 Å². The third-order valence-electron chi connectivity index (χ3n) is 16.3. The van der Waals surface area contributed by atoms with Crippen molar-refractivity contribution in [3.05, 3.63) is 326 Å². The zero-order chi connectivity index (χ0) is 51.6. The Balaban J connectivity index is 0.916. The summed E-state index contributed by atoms with van der Waals surface area (Å²) < 4.78 is 13.7. The summed E-state index contributed by atoms with van der Waals surface area (Å²) in [4.78, 5) is 4.77. The van der Waals surface area contributed by atoms with Crippen molar-refractivity contribution in [1.82, 2.24) is 0 Å². The lowest BCUT2D eigenvalue weighted by Gasteiger charge is -2.42.